The first-order valence-corrected chi connectivity index (χ1v) is 7.20. The molecule has 4 nitrogen and oxygen atoms in total. The summed E-state index contributed by atoms with van der Waals surface area (Å²) in [5.41, 5.74) is 0.768. The van der Waals surface area contributed by atoms with Crippen LogP contribution in [0, 0.1) is 0 Å². The lowest BCUT2D eigenvalue weighted by molar-refractivity contribution is 0.587. The topological polar surface area (TPSA) is 52.0 Å². The Morgan fingerprint density at radius 2 is 2.20 bits per heavy atom. The highest BCUT2D eigenvalue weighted by Crippen LogP contribution is 2.01. The Morgan fingerprint density at radius 1 is 1.47 bits per heavy atom. The molecule has 0 aliphatic rings. The number of imidazole rings is 1. The first kappa shape index (κ1) is 12.5. The summed E-state index contributed by atoms with van der Waals surface area (Å²) in [4.78, 5) is 4.02. The lowest BCUT2D eigenvalue weighted by Gasteiger charge is -2.02. The number of sulfone groups is 1. The zero-order valence-electron chi connectivity index (χ0n) is 8.69. The van der Waals surface area contributed by atoms with Crippen molar-refractivity contribution in [3.63, 3.8) is 0 Å². The third kappa shape index (κ3) is 4.22. The quantitative estimate of drug-likeness (QED) is 0.718. The van der Waals surface area contributed by atoms with E-state index < -0.39 is 9.84 Å². The zero-order chi connectivity index (χ0) is 11.3. The molecule has 0 N–H and O–H groups in total. The Morgan fingerprint density at radius 3 is 2.73 bits per heavy atom. The average molecular weight is 251 g/mol. The van der Waals surface area contributed by atoms with Gasteiger partial charge >= 0.3 is 0 Å². The van der Waals surface area contributed by atoms with Crippen LogP contribution < -0.4 is 0 Å². The Hall–Kier alpha value is -0.550. The van der Waals surface area contributed by atoms with E-state index >= 15 is 0 Å². The molecule has 1 aromatic heterocycles. The van der Waals surface area contributed by atoms with E-state index in [0.717, 1.165) is 5.69 Å². The van der Waals surface area contributed by atoms with Crippen LogP contribution in [0.25, 0.3) is 0 Å². The van der Waals surface area contributed by atoms with Gasteiger partial charge in [0.25, 0.3) is 0 Å². The summed E-state index contributed by atoms with van der Waals surface area (Å²) in [6.45, 7) is 2.31. The lowest BCUT2D eigenvalue weighted by Crippen LogP contribution is -2.15. The van der Waals surface area contributed by atoms with Crippen molar-refractivity contribution in [2.24, 2.45) is 0 Å². The summed E-state index contributed by atoms with van der Waals surface area (Å²) in [6.07, 6.45) is 4.05. The van der Waals surface area contributed by atoms with E-state index in [4.69, 9.17) is 11.6 Å². The normalized spacial score (nSPS) is 11.9. The second-order valence-corrected chi connectivity index (χ2v) is 5.96. The molecular formula is C9H15ClN2O2S. The molecule has 0 aliphatic carbocycles. The molecule has 0 fully saturated rings. The molecule has 6 heteroatoms. The van der Waals surface area contributed by atoms with E-state index in [1.807, 2.05) is 6.92 Å². The van der Waals surface area contributed by atoms with E-state index in [0.29, 0.717) is 18.8 Å². The number of nitrogens with zero attached hydrogens (tertiary/aromatic N) is 2. The van der Waals surface area contributed by atoms with Crippen molar-refractivity contribution in [1.29, 1.82) is 0 Å². The fourth-order valence-electron chi connectivity index (χ4n) is 1.26. The minimum Gasteiger partial charge on any atom is -0.336 e. The molecule has 0 unspecified atom stereocenters. The van der Waals surface area contributed by atoms with Crippen LogP contribution in [0.15, 0.2) is 12.5 Å². The van der Waals surface area contributed by atoms with Crippen molar-refractivity contribution >= 4 is 21.4 Å². The first-order valence-electron chi connectivity index (χ1n) is 4.84. The molecule has 0 bridgehead atoms. The van der Waals surface area contributed by atoms with Crippen molar-refractivity contribution in [3.8, 4) is 0 Å². The van der Waals surface area contributed by atoms with Gasteiger partial charge in [0.05, 0.1) is 23.7 Å². The molecule has 1 heterocycles. The second kappa shape index (κ2) is 5.51. The highest BCUT2D eigenvalue weighted by Gasteiger charge is 2.09. The summed E-state index contributed by atoms with van der Waals surface area (Å²) in [5, 5.41) is 0. The molecule has 0 amide bonds. The second-order valence-electron chi connectivity index (χ2n) is 3.39. The number of aryl methyl sites for hydroxylation is 1. The highest BCUT2D eigenvalue weighted by atomic mass is 35.5. The molecule has 86 valence electrons. The monoisotopic (exact) mass is 250 g/mol. The molecule has 0 radical (unpaired) electrons. The molecule has 0 atom stereocenters. The molecule has 1 rings (SSSR count). The van der Waals surface area contributed by atoms with Crippen molar-refractivity contribution in [2.45, 2.75) is 25.8 Å². The smallest absolute Gasteiger partial charge is 0.152 e. The van der Waals surface area contributed by atoms with Gasteiger partial charge in [0.2, 0.25) is 0 Å². The summed E-state index contributed by atoms with van der Waals surface area (Å²) in [6, 6.07) is 0. The number of aromatic nitrogens is 2. The molecule has 1 aromatic rings. The molecule has 15 heavy (non-hydrogen) atoms. The number of rotatable bonds is 6. The number of alkyl halides is 1. The van der Waals surface area contributed by atoms with E-state index in [-0.39, 0.29) is 11.5 Å². The standard InChI is InChI=1S/C9H15ClN2O2S/c1-2-4-15(13,14)5-3-12-7-9(6-10)11-8-12/h7-8H,2-6H2,1H3. The van der Waals surface area contributed by atoms with Gasteiger partial charge < -0.3 is 4.57 Å². The molecule has 0 aliphatic heterocycles. The predicted molar refractivity (Wildman–Crippen MR) is 60.7 cm³/mol. The van der Waals surface area contributed by atoms with Crippen molar-refractivity contribution in [3.05, 3.63) is 18.2 Å². The maximum absolute atomic E-state index is 11.4. The summed E-state index contributed by atoms with van der Waals surface area (Å²) >= 11 is 5.59. The summed E-state index contributed by atoms with van der Waals surface area (Å²) < 4.78 is 24.6. The Bertz CT molecular complexity index is 400. The minimum atomic E-state index is -2.91. The van der Waals surface area contributed by atoms with Crippen LogP contribution in [0.2, 0.25) is 0 Å². The summed E-state index contributed by atoms with van der Waals surface area (Å²) in [7, 11) is -2.91. The van der Waals surface area contributed by atoms with Crippen LogP contribution in [0.1, 0.15) is 19.0 Å². The van der Waals surface area contributed by atoms with Crippen molar-refractivity contribution < 1.29 is 8.42 Å². The highest BCUT2D eigenvalue weighted by molar-refractivity contribution is 7.91. The van der Waals surface area contributed by atoms with E-state index in [1.165, 1.54) is 0 Å². The molecule has 0 saturated heterocycles. The van der Waals surface area contributed by atoms with E-state index in [2.05, 4.69) is 4.98 Å². The van der Waals surface area contributed by atoms with E-state index in [9.17, 15) is 8.42 Å². The van der Waals surface area contributed by atoms with Gasteiger partial charge in [-0.1, -0.05) is 6.92 Å². The van der Waals surface area contributed by atoms with Crippen molar-refractivity contribution in [2.75, 3.05) is 11.5 Å². The third-order valence-corrected chi connectivity index (χ3v) is 4.11. The minimum absolute atomic E-state index is 0.166. The van der Waals surface area contributed by atoms with Gasteiger partial charge in [-0.05, 0) is 6.42 Å². The summed E-state index contributed by atoms with van der Waals surface area (Å²) in [5.74, 6) is 0.775. The SMILES string of the molecule is CCCS(=O)(=O)CCn1cnc(CCl)c1. The maximum Gasteiger partial charge on any atom is 0.152 e. The van der Waals surface area contributed by atoms with Gasteiger partial charge in [-0.15, -0.1) is 11.6 Å². The fourth-order valence-corrected chi connectivity index (χ4v) is 2.71. The van der Waals surface area contributed by atoms with Crippen LogP contribution in [0.5, 0.6) is 0 Å². The number of hydrogen-bond acceptors (Lipinski definition) is 3. The average Bonchev–Trinajstić information content (AvgIpc) is 2.62. The van der Waals surface area contributed by atoms with Crippen molar-refractivity contribution in [1.82, 2.24) is 9.55 Å². The Kier molecular flexibility index (Phi) is 4.60. The van der Waals surface area contributed by atoms with Crippen LogP contribution >= 0.6 is 11.6 Å². The van der Waals surface area contributed by atoms with Crippen LogP contribution in [0.4, 0.5) is 0 Å². The largest absolute Gasteiger partial charge is 0.336 e. The maximum atomic E-state index is 11.4. The number of hydrogen-bond donors (Lipinski definition) is 0. The van der Waals surface area contributed by atoms with Crippen LogP contribution in [-0.2, 0) is 22.3 Å². The number of halogens is 1. The molecule has 0 aromatic carbocycles. The van der Waals surface area contributed by atoms with Gasteiger partial charge in [-0.2, -0.15) is 0 Å². The molecular weight excluding hydrogens is 236 g/mol. The molecule has 0 saturated carbocycles. The van der Waals surface area contributed by atoms with Gasteiger partial charge in [-0.3, -0.25) is 0 Å². The van der Waals surface area contributed by atoms with Crippen LogP contribution in [-0.4, -0.2) is 29.5 Å². The Balaban J connectivity index is 2.50. The fraction of sp³-hybridized carbons (Fsp3) is 0.667. The van der Waals surface area contributed by atoms with Crippen LogP contribution in [0.3, 0.4) is 0 Å². The first-order chi connectivity index (χ1) is 7.07. The van der Waals surface area contributed by atoms with E-state index in [1.54, 1.807) is 17.1 Å². The Labute approximate surface area is 95.2 Å². The predicted octanol–water partition coefficient (Wildman–Crippen LogP) is 1.45. The third-order valence-electron chi connectivity index (χ3n) is 2.00. The van der Waals surface area contributed by atoms with Gasteiger partial charge in [0.1, 0.15) is 0 Å². The van der Waals surface area contributed by atoms with Gasteiger partial charge in [-0.25, -0.2) is 13.4 Å². The molecule has 0 spiro atoms. The van der Waals surface area contributed by atoms with Gasteiger partial charge in [0.15, 0.2) is 9.84 Å². The van der Waals surface area contributed by atoms with Gasteiger partial charge in [0, 0.05) is 18.5 Å². The zero-order valence-corrected chi connectivity index (χ0v) is 10.3. The lowest BCUT2D eigenvalue weighted by atomic mass is 10.5.